The van der Waals surface area contributed by atoms with Crippen LogP contribution in [0.2, 0.25) is 0 Å². The molecular formula is C17H22N8O2. The molecule has 0 atom stereocenters. The number of amides is 2. The van der Waals surface area contributed by atoms with Crippen molar-refractivity contribution in [2.75, 3.05) is 13.6 Å². The predicted molar refractivity (Wildman–Crippen MR) is 96.1 cm³/mol. The van der Waals surface area contributed by atoms with Crippen molar-refractivity contribution in [3.8, 4) is 5.82 Å². The number of nitrogens with one attached hydrogen (secondary N) is 1. The Balaban J connectivity index is 1.53. The fraction of sp³-hybridized carbons (Fsp3) is 0.412. The Kier molecular flexibility index (Phi) is 5.74. The van der Waals surface area contributed by atoms with Crippen LogP contribution in [0, 0.1) is 0 Å². The van der Waals surface area contributed by atoms with E-state index >= 15 is 0 Å². The Morgan fingerprint density at radius 2 is 2.26 bits per heavy atom. The second-order valence-corrected chi connectivity index (χ2v) is 6.36. The first kappa shape index (κ1) is 18.5. The molecule has 10 heteroatoms. The fourth-order valence-corrected chi connectivity index (χ4v) is 2.37. The van der Waals surface area contributed by atoms with E-state index in [-0.39, 0.29) is 11.9 Å². The lowest BCUT2D eigenvalue weighted by molar-refractivity contribution is 0.208. The van der Waals surface area contributed by atoms with E-state index in [1.165, 1.54) is 6.33 Å². The molecule has 1 N–H and O–H groups in total. The maximum atomic E-state index is 12.3. The second-order valence-electron chi connectivity index (χ2n) is 6.36. The highest BCUT2D eigenvalue weighted by Crippen LogP contribution is 2.11. The highest BCUT2D eigenvalue weighted by atomic mass is 16.5. The third-order valence-corrected chi connectivity index (χ3v) is 3.93. The van der Waals surface area contributed by atoms with Crippen LogP contribution in [0.1, 0.15) is 37.0 Å². The van der Waals surface area contributed by atoms with E-state index in [1.54, 1.807) is 29.2 Å². The standard InChI is InChI=1S/C17H22N8O2/c1-12(2)16-22-14(23-27-16)6-8-24(3)17(26)20-9-13-5-4-7-19-15(13)25-11-18-10-21-25/h4-5,7,10-12H,6,8-9H2,1-3H3,(H,20,26). The molecule has 0 aliphatic rings. The van der Waals surface area contributed by atoms with Gasteiger partial charge >= 0.3 is 6.03 Å². The molecule has 3 heterocycles. The third kappa shape index (κ3) is 4.66. The first-order valence-corrected chi connectivity index (χ1v) is 8.65. The van der Waals surface area contributed by atoms with Crippen molar-refractivity contribution in [2.45, 2.75) is 32.7 Å². The number of likely N-dealkylation sites (N-methyl/N-ethyl adjacent to an activating group) is 1. The molecule has 0 saturated heterocycles. The van der Waals surface area contributed by atoms with Crippen molar-refractivity contribution >= 4 is 6.03 Å². The first-order chi connectivity index (χ1) is 13.0. The molecule has 0 bridgehead atoms. The number of carbonyl (C=O) groups excluding carboxylic acids is 1. The Morgan fingerprint density at radius 1 is 1.41 bits per heavy atom. The van der Waals surface area contributed by atoms with Crippen LogP contribution in [-0.2, 0) is 13.0 Å². The largest absolute Gasteiger partial charge is 0.339 e. The summed E-state index contributed by atoms with van der Waals surface area (Å²) in [5.41, 5.74) is 0.837. The van der Waals surface area contributed by atoms with Crippen LogP contribution in [0.25, 0.3) is 5.82 Å². The van der Waals surface area contributed by atoms with Gasteiger partial charge in [-0.15, -0.1) is 0 Å². The Morgan fingerprint density at radius 3 is 2.96 bits per heavy atom. The van der Waals surface area contributed by atoms with Gasteiger partial charge < -0.3 is 14.7 Å². The molecule has 0 aliphatic carbocycles. The van der Waals surface area contributed by atoms with Crippen LogP contribution in [0.3, 0.4) is 0 Å². The van der Waals surface area contributed by atoms with E-state index in [9.17, 15) is 4.79 Å². The summed E-state index contributed by atoms with van der Waals surface area (Å²) in [6, 6.07) is 3.50. The van der Waals surface area contributed by atoms with Gasteiger partial charge in [0.05, 0.1) is 0 Å². The number of urea groups is 1. The van der Waals surface area contributed by atoms with Crippen molar-refractivity contribution in [1.29, 1.82) is 0 Å². The molecule has 0 radical (unpaired) electrons. The van der Waals surface area contributed by atoms with Crippen LogP contribution in [0.15, 0.2) is 35.5 Å². The van der Waals surface area contributed by atoms with Gasteiger partial charge in [0.1, 0.15) is 12.7 Å². The summed E-state index contributed by atoms with van der Waals surface area (Å²) in [7, 11) is 1.72. The molecule has 3 aromatic heterocycles. The summed E-state index contributed by atoms with van der Waals surface area (Å²) in [6.45, 7) is 4.78. The van der Waals surface area contributed by atoms with E-state index in [2.05, 4.69) is 30.5 Å². The number of rotatable bonds is 7. The van der Waals surface area contributed by atoms with Gasteiger partial charge in [-0.1, -0.05) is 25.1 Å². The van der Waals surface area contributed by atoms with Gasteiger partial charge in [-0.3, -0.25) is 0 Å². The van der Waals surface area contributed by atoms with Crippen LogP contribution < -0.4 is 5.32 Å². The third-order valence-electron chi connectivity index (χ3n) is 3.93. The van der Waals surface area contributed by atoms with E-state index in [1.807, 2.05) is 26.0 Å². The van der Waals surface area contributed by atoms with Crippen LogP contribution in [-0.4, -0.2) is 54.4 Å². The van der Waals surface area contributed by atoms with Gasteiger partial charge in [-0.05, 0) is 6.07 Å². The quantitative estimate of drug-likeness (QED) is 0.671. The summed E-state index contributed by atoms with van der Waals surface area (Å²) in [5.74, 6) is 2.02. The zero-order chi connectivity index (χ0) is 19.2. The zero-order valence-corrected chi connectivity index (χ0v) is 15.5. The summed E-state index contributed by atoms with van der Waals surface area (Å²) in [4.78, 5) is 26.5. The highest BCUT2D eigenvalue weighted by Gasteiger charge is 2.14. The summed E-state index contributed by atoms with van der Waals surface area (Å²) in [5, 5.41) is 10.9. The van der Waals surface area contributed by atoms with Crippen molar-refractivity contribution in [2.24, 2.45) is 0 Å². The predicted octanol–water partition coefficient (Wildman–Crippen LogP) is 1.55. The van der Waals surface area contributed by atoms with Crippen molar-refractivity contribution in [1.82, 2.24) is 40.1 Å². The van der Waals surface area contributed by atoms with E-state index < -0.39 is 0 Å². The van der Waals surface area contributed by atoms with Gasteiger partial charge in [0.25, 0.3) is 0 Å². The number of pyridine rings is 1. The molecule has 0 aliphatic heterocycles. The lowest BCUT2D eigenvalue weighted by Gasteiger charge is -2.17. The molecule has 27 heavy (non-hydrogen) atoms. The lowest BCUT2D eigenvalue weighted by atomic mass is 10.2. The number of carbonyl (C=O) groups is 1. The van der Waals surface area contributed by atoms with Crippen LogP contribution in [0.4, 0.5) is 4.79 Å². The number of hydrogen-bond donors (Lipinski definition) is 1. The molecule has 0 fully saturated rings. The number of hydrogen-bond acceptors (Lipinski definition) is 7. The minimum Gasteiger partial charge on any atom is -0.339 e. The average Bonchev–Trinajstić information content (AvgIpc) is 3.36. The maximum Gasteiger partial charge on any atom is 0.317 e. The van der Waals surface area contributed by atoms with Gasteiger partial charge in [-0.25, -0.2) is 19.4 Å². The average molecular weight is 370 g/mol. The summed E-state index contributed by atoms with van der Waals surface area (Å²) in [6.07, 6.45) is 5.20. The van der Waals surface area contributed by atoms with Gasteiger partial charge in [-0.2, -0.15) is 10.1 Å². The number of nitrogens with zero attached hydrogens (tertiary/aromatic N) is 7. The topological polar surface area (TPSA) is 115 Å². The second kappa shape index (κ2) is 8.39. The van der Waals surface area contributed by atoms with Gasteiger partial charge in [0.15, 0.2) is 11.6 Å². The van der Waals surface area contributed by atoms with Crippen LogP contribution >= 0.6 is 0 Å². The molecule has 3 aromatic rings. The summed E-state index contributed by atoms with van der Waals surface area (Å²) >= 11 is 0. The normalized spacial score (nSPS) is 11.0. The molecular weight excluding hydrogens is 348 g/mol. The molecule has 0 spiro atoms. The first-order valence-electron chi connectivity index (χ1n) is 8.65. The molecule has 0 saturated carbocycles. The maximum absolute atomic E-state index is 12.3. The lowest BCUT2D eigenvalue weighted by Crippen LogP contribution is -2.38. The van der Waals surface area contributed by atoms with E-state index in [4.69, 9.17) is 4.52 Å². The van der Waals surface area contributed by atoms with E-state index in [0.29, 0.717) is 37.0 Å². The highest BCUT2D eigenvalue weighted by molar-refractivity contribution is 5.73. The molecule has 3 rings (SSSR count). The van der Waals surface area contributed by atoms with E-state index in [0.717, 1.165) is 5.56 Å². The Bertz CT molecular complexity index is 875. The van der Waals surface area contributed by atoms with Gasteiger partial charge in [0, 0.05) is 44.2 Å². The summed E-state index contributed by atoms with van der Waals surface area (Å²) < 4.78 is 6.74. The molecule has 0 aromatic carbocycles. The molecule has 2 amide bonds. The Hall–Kier alpha value is -3.30. The Labute approximate surface area is 156 Å². The monoisotopic (exact) mass is 370 g/mol. The number of aromatic nitrogens is 6. The minimum atomic E-state index is -0.198. The molecule has 142 valence electrons. The van der Waals surface area contributed by atoms with Gasteiger partial charge in [0.2, 0.25) is 5.89 Å². The minimum absolute atomic E-state index is 0.186. The molecule has 10 nitrogen and oxygen atoms in total. The van der Waals surface area contributed by atoms with Crippen molar-refractivity contribution in [3.05, 3.63) is 48.3 Å². The van der Waals surface area contributed by atoms with Crippen LogP contribution in [0.5, 0.6) is 0 Å². The zero-order valence-electron chi connectivity index (χ0n) is 15.5. The molecule has 0 unspecified atom stereocenters. The fourth-order valence-electron chi connectivity index (χ4n) is 2.37. The SMILES string of the molecule is CC(C)c1nc(CCN(C)C(=O)NCc2cccnc2-n2cncn2)no1. The smallest absolute Gasteiger partial charge is 0.317 e. The van der Waals surface area contributed by atoms with Crippen molar-refractivity contribution < 1.29 is 9.32 Å². The van der Waals surface area contributed by atoms with Crippen molar-refractivity contribution in [3.63, 3.8) is 0 Å².